The third kappa shape index (κ3) is 3.98. The quantitative estimate of drug-likeness (QED) is 0.744. The molecule has 1 heterocycles. The number of benzene rings is 2. The zero-order valence-electron chi connectivity index (χ0n) is 14.4. The lowest BCUT2D eigenvalue weighted by Crippen LogP contribution is -2.11. The highest BCUT2D eigenvalue weighted by molar-refractivity contribution is 6.04. The number of anilines is 1. The van der Waals surface area contributed by atoms with Gasteiger partial charge in [-0.1, -0.05) is 29.8 Å². The number of rotatable bonds is 4. The SMILES string of the molecule is Cc1ccc(C(=O)Nc2cccc(/C=N/n3c(C)nnc3C)c2)cc1. The van der Waals surface area contributed by atoms with E-state index in [1.807, 2.05) is 69.3 Å². The van der Waals surface area contributed by atoms with E-state index in [1.165, 1.54) is 0 Å². The van der Waals surface area contributed by atoms with Crippen LogP contribution in [0, 0.1) is 20.8 Å². The van der Waals surface area contributed by atoms with Crippen LogP contribution in [0.2, 0.25) is 0 Å². The van der Waals surface area contributed by atoms with Crippen LogP contribution in [0.4, 0.5) is 5.69 Å². The smallest absolute Gasteiger partial charge is 0.255 e. The van der Waals surface area contributed by atoms with Crippen LogP contribution in [0.3, 0.4) is 0 Å². The lowest BCUT2D eigenvalue weighted by Gasteiger charge is -2.06. The summed E-state index contributed by atoms with van der Waals surface area (Å²) in [6, 6.07) is 15.0. The van der Waals surface area contributed by atoms with Crippen LogP contribution in [-0.4, -0.2) is 27.0 Å². The Morgan fingerprint density at radius 2 is 1.72 bits per heavy atom. The number of carbonyl (C=O) groups excluding carboxylic acids is 1. The van der Waals surface area contributed by atoms with E-state index in [2.05, 4.69) is 20.6 Å². The van der Waals surface area contributed by atoms with Crippen molar-refractivity contribution in [1.29, 1.82) is 0 Å². The Morgan fingerprint density at radius 1 is 1.04 bits per heavy atom. The summed E-state index contributed by atoms with van der Waals surface area (Å²) in [6.45, 7) is 5.68. The predicted octanol–water partition coefficient (Wildman–Crippen LogP) is 3.34. The second kappa shape index (κ2) is 7.09. The van der Waals surface area contributed by atoms with Crippen LogP contribution in [0.1, 0.15) is 33.1 Å². The van der Waals surface area contributed by atoms with Gasteiger partial charge >= 0.3 is 0 Å². The van der Waals surface area contributed by atoms with Crippen molar-refractivity contribution in [2.45, 2.75) is 20.8 Å². The van der Waals surface area contributed by atoms with Crippen molar-refractivity contribution >= 4 is 17.8 Å². The van der Waals surface area contributed by atoms with E-state index in [9.17, 15) is 4.79 Å². The number of nitrogens with one attached hydrogen (secondary N) is 1. The maximum Gasteiger partial charge on any atom is 0.255 e. The van der Waals surface area contributed by atoms with E-state index in [1.54, 1.807) is 10.9 Å². The third-order valence-corrected chi connectivity index (χ3v) is 3.73. The fourth-order valence-electron chi connectivity index (χ4n) is 2.36. The Morgan fingerprint density at radius 3 is 2.40 bits per heavy atom. The summed E-state index contributed by atoms with van der Waals surface area (Å²) in [5.74, 6) is 1.30. The largest absolute Gasteiger partial charge is 0.322 e. The summed E-state index contributed by atoms with van der Waals surface area (Å²) in [6.07, 6.45) is 1.71. The zero-order valence-corrected chi connectivity index (χ0v) is 14.4. The molecule has 0 fully saturated rings. The highest BCUT2D eigenvalue weighted by Gasteiger charge is 2.06. The topological polar surface area (TPSA) is 72.2 Å². The van der Waals surface area contributed by atoms with Crippen molar-refractivity contribution in [3.8, 4) is 0 Å². The van der Waals surface area contributed by atoms with Crippen molar-refractivity contribution in [2.75, 3.05) is 5.32 Å². The summed E-state index contributed by atoms with van der Waals surface area (Å²) in [7, 11) is 0. The molecule has 1 aromatic heterocycles. The zero-order chi connectivity index (χ0) is 17.8. The third-order valence-electron chi connectivity index (χ3n) is 3.73. The minimum Gasteiger partial charge on any atom is -0.322 e. The monoisotopic (exact) mass is 333 g/mol. The molecule has 6 nitrogen and oxygen atoms in total. The Kier molecular flexibility index (Phi) is 4.70. The molecule has 6 heteroatoms. The number of aryl methyl sites for hydroxylation is 3. The molecule has 1 amide bonds. The summed E-state index contributed by atoms with van der Waals surface area (Å²) in [5.41, 5.74) is 3.33. The van der Waals surface area contributed by atoms with Gasteiger partial charge in [-0.05, 0) is 50.6 Å². The lowest BCUT2D eigenvalue weighted by atomic mass is 10.1. The number of aromatic nitrogens is 3. The normalized spacial score (nSPS) is 11.0. The van der Waals surface area contributed by atoms with Crippen LogP contribution in [-0.2, 0) is 0 Å². The molecule has 0 aliphatic heterocycles. The van der Waals surface area contributed by atoms with Gasteiger partial charge in [0.1, 0.15) is 0 Å². The van der Waals surface area contributed by atoms with E-state index in [-0.39, 0.29) is 5.91 Å². The molecule has 0 aliphatic carbocycles. The second-order valence-corrected chi connectivity index (χ2v) is 5.80. The van der Waals surface area contributed by atoms with Crippen LogP contribution >= 0.6 is 0 Å². The average Bonchev–Trinajstić information content (AvgIpc) is 2.92. The Hall–Kier alpha value is -3.28. The molecule has 2 aromatic carbocycles. The van der Waals surface area contributed by atoms with Gasteiger partial charge in [-0.2, -0.15) is 5.10 Å². The molecule has 0 aliphatic rings. The standard InChI is InChI=1S/C19H19N5O/c1-13-7-9-17(10-8-13)19(25)21-18-6-4-5-16(11-18)12-20-24-14(2)22-23-15(24)3/h4-12H,1-3H3,(H,21,25)/b20-12+. The second-order valence-electron chi connectivity index (χ2n) is 5.80. The summed E-state index contributed by atoms with van der Waals surface area (Å²) in [4.78, 5) is 12.3. The molecular formula is C19H19N5O. The highest BCUT2D eigenvalue weighted by Crippen LogP contribution is 2.12. The van der Waals surface area contributed by atoms with E-state index >= 15 is 0 Å². The number of nitrogens with zero attached hydrogens (tertiary/aromatic N) is 4. The average molecular weight is 333 g/mol. The molecule has 25 heavy (non-hydrogen) atoms. The first-order valence-corrected chi connectivity index (χ1v) is 7.94. The number of hydrogen-bond acceptors (Lipinski definition) is 4. The Bertz CT molecular complexity index is 906. The van der Waals surface area contributed by atoms with Crippen molar-refractivity contribution in [3.63, 3.8) is 0 Å². The Labute approximate surface area is 146 Å². The molecule has 0 spiro atoms. The maximum atomic E-state index is 12.3. The van der Waals surface area contributed by atoms with Gasteiger partial charge in [-0.3, -0.25) is 4.79 Å². The molecule has 126 valence electrons. The van der Waals surface area contributed by atoms with Gasteiger partial charge < -0.3 is 5.32 Å². The van der Waals surface area contributed by atoms with E-state index in [0.29, 0.717) is 11.3 Å². The molecule has 0 saturated carbocycles. The molecule has 0 atom stereocenters. The Balaban J connectivity index is 1.75. The summed E-state index contributed by atoms with van der Waals surface area (Å²) in [5, 5.41) is 15.2. The first kappa shape index (κ1) is 16.6. The van der Waals surface area contributed by atoms with E-state index in [4.69, 9.17) is 0 Å². The van der Waals surface area contributed by atoms with Gasteiger partial charge in [0, 0.05) is 11.3 Å². The highest BCUT2D eigenvalue weighted by atomic mass is 16.1. The number of amides is 1. The molecule has 3 rings (SSSR count). The van der Waals surface area contributed by atoms with Gasteiger partial charge in [0.2, 0.25) is 0 Å². The molecular weight excluding hydrogens is 314 g/mol. The maximum absolute atomic E-state index is 12.3. The van der Waals surface area contributed by atoms with Gasteiger partial charge in [0.25, 0.3) is 5.91 Å². The van der Waals surface area contributed by atoms with Crippen LogP contribution in [0.25, 0.3) is 0 Å². The number of carbonyl (C=O) groups is 1. The van der Waals surface area contributed by atoms with Crippen molar-refractivity contribution in [3.05, 3.63) is 76.9 Å². The fraction of sp³-hybridized carbons (Fsp3) is 0.158. The van der Waals surface area contributed by atoms with Crippen molar-refractivity contribution in [2.24, 2.45) is 5.10 Å². The minimum atomic E-state index is -0.139. The molecule has 3 aromatic rings. The van der Waals surface area contributed by atoms with Crippen molar-refractivity contribution < 1.29 is 4.79 Å². The van der Waals surface area contributed by atoms with Crippen LogP contribution in [0.5, 0.6) is 0 Å². The number of hydrogen-bond donors (Lipinski definition) is 1. The van der Waals surface area contributed by atoms with Gasteiger partial charge in [-0.15, -0.1) is 10.2 Å². The van der Waals surface area contributed by atoms with Crippen molar-refractivity contribution in [1.82, 2.24) is 14.9 Å². The predicted molar refractivity (Wildman–Crippen MR) is 98.1 cm³/mol. The molecule has 0 bridgehead atoms. The first-order chi connectivity index (χ1) is 12.0. The minimum absolute atomic E-state index is 0.139. The van der Waals surface area contributed by atoms with E-state index < -0.39 is 0 Å². The van der Waals surface area contributed by atoms with Crippen LogP contribution in [0.15, 0.2) is 53.6 Å². The van der Waals surface area contributed by atoms with Gasteiger partial charge in [0.15, 0.2) is 11.6 Å². The summed E-state index contributed by atoms with van der Waals surface area (Å²) < 4.78 is 1.66. The molecule has 0 unspecified atom stereocenters. The van der Waals surface area contributed by atoms with Gasteiger partial charge in [0.05, 0.1) is 6.21 Å². The van der Waals surface area contributed by atoms with E-state index in [0.717, 1.165) is 22.8 Å². The first-order valence-electron chi connectivity index (χ1n) is 7.94. The fourth-order valence-corrected chi connectivity index (χ4v) is 2.36. The molecule has 0 radical (unpaired) electrons. The van der Waals surface area contributed by atoms with Gasteiger partial charge in [-0.25, -0.2) is 4.68 Å². The molecule has 0 saturated heterocycles. The molecule has 1 N–H and O–H groups in total. The lowest BCUT2D eigenvalue weighted by molar-refractivity contribution is 0.102. The summed E-state index contributed by atoms with van der Waals surface area (Å²) >= 11 is 0. The van der Waals surface area contributed by atoms with Crippen LogP contribution < -0.4 is 5.32 Å².